The zero-order valence-electron chi connectivity index (χ0n) is 20.5. The lowest BCUT2D eigenvalue weighted by atomic mass is 10.1. The van der Waals surface area contributed by atoms with E-state index in [1.807, 2.05) is 13.0 Å². The number of hydrazine groups is 1. The number of hydrogen-bond donors (Lipinski definition) is 3. The smallest absolute Gasteiger partial charge is 0.349 e. The molecule has 0 saturated heterocycles. The van der Waals surface area contributed by atoms with Crippen molar-refractivity contribution in [3.8, 4) is 5.69 Å². The number of carbonyl (C=O) groups excluding carboxylic acids is 2. The molecule has 2 aromatic carbocycles. The van der Waals surface area contributed by atoms with Crippen molar-refractivity contribution in [1.82, 2.24) is 20.4 Å². The molecule has 0 saturated carbocycles. The summed E-state index contributed by atoms with van der Waals surface area (Å²) >= 11 is 0. The Morgan fingerprint density at radius 1 is 0.947 bits per heavy atom. The molecule has 192 valence electrons. The highest BCUT2D eigenvalue weighted by atomic mass is 16.4. The van der Waals surface area contributed by atoms with Gasteiger partial charge in [0.05, 0.1) is 11.3 Å². The number of aryl methyl sites for hydroxylation is 1. The first-order valence-corrected chi connectivity index (χ1v) is 11.9. The van der Waals surface area contributed by atoms with E-state index in [2.05, 4.69) is 21.2 Å². The number of para-hydroxylation sites is 2. The first-order valence-electron chi connectivity index (χ1n) is 11.9. The van der Waals surface area contributed by atoms with Crippen LogP contribution in [0, 0.1) is 6.92 Å². The van der Waals surface area contributed by atoms with Crippen LogP contribution in [0.2, 0.25) is 0 Å². The molecule has 3 N–H and O–H groups in total. The lowest BCUT2D eigenvalue weighted by molar-refractivity contribution is 0.0844. The fourth-order valence-electron chi connectivity index (χ4n) is 4.07. The van der Waals surface area contributed by atoms with Gasteiger partial charge in [0.25, 0.3) is 17.4 Å². The van der Waals surface area contributed by atoms with E-state index in [1.54, 1.807) is 48.5 Å². The maximum absolute atomic E-state index is 13.7. The van der Waals surface area contributed by atoms with Crippen LogP contribution in [0.3, 0.4) is 0 Å². The number of rotatable bonds is 6. The molecule has 0 radical (unpaired) electrons. The van der Waals surface area contributed by atoms with E-state index in [0.717, 1.165) is 6.42 Å². The summed E-state index contributed by atoms with van der Waals surface area (Å²) in [5, 5.41) is 3.62. The summed E-state index contributed by atoms with van der Waals surface area (Å²) in [6.45, 7) is 4.06. The number of amides is 2. The van der Waals surface area contributed by atoms with Crippen LogP contribution in [-0.4, -0.2) is 27.9 Å². The van der Waals surface area contributed by atoms with E-state index in [0.29, 0.717) is 23.2 Å². The van der Waals surface area contributed by atoms with Crippen molar-refractivity contribution in [3.05, 3.63) is 98.3 Å². The molecule has 0 unspecified atom stereocenters. The Kier molecular flexibility index (Phi) is 6.48. The number of furan rings is 1. The van der Waals surface area contributed by atoms with Crippen LogP contribution in [-0.2, 0) is 0 Å². The first-order chi connectivity index (χ1) is 18.4. The summed E-state index contributed by atoms with van der Waals surface area (Å²) in [7, 11) is 0. The normalized spacial score (nSPS) is 11.0. The summed E-state index contributed by atoms with van der Waals surface area (Å²) in [5.41, 5.74) is 3.55. The molecule has 3 aromatic heterocycles. The molecule has 11 heteroatoms. The Labute approximate surface area is 215 Å². The Hall–Kier alpha value is -5.19. The van der Waals surface area contributed by atoms with E-state index < -0.39 is 23.0 Å². The van der Waals surface area contributed by atoms with Gasteiger partial charge >= 0.3 is 5.63 Å². The largest absolute Gasteiger partial charge is 0.442 e. The van der Waals surface area contributed by atoms with Crippen LogP contribution < -0.4 is 27.4 Å². The maximum Gasteiger partial charge on any atom is 0.349 e. The highest BCUT2D eigenvalue weighted by Crippen LogP contribution is 2.24. The van der Waals surface area contributed by atoms with Gasteiger partial charge in [-0.3, -0.25) is 25.2 Å². The molecule has 11 nitrogen and oxygen atoms in total. The third-order valence-electron chi connectivity index (χ3n) is 5.85. The molecule has 5 rings (SSSR count). The summed E-state index contributed by atoms with van der Waals surface area (Å²) < 4.78 is 12.2. The van der Waals surface area contributed by atoms with Gasteiger partial charge in [0.15, 0.2) is 0 Å². The Morgan fingerprint density at radius 3 is 2.42 bits per heavy atom. The first kappa shape index (κ1) is 24.5. The maximum atomic E-state index is 13.7. The third-order valence-corrected chi connectivity index (χ3v) is 5.85. The van der Waals surface area contributed by atoms with Crippen molar-refractivity contribution in [2.45, 2.75) is 20.3 Å². The number of aromatic nitrogens is 2. The van der Waals surface area contributed by atoms with Crippen molar-refractivity contribution in [2.75, 3.05) is 11.9 Å². The van der Waals surface area contributed by atoms with Gasteiger partial charge in [0.1, 0.15) is 22.3 Å². The van der Waals surface area contributed by atoms with Gasteiger partial charge in [0.2, 0.25) is 11.7 Å². The molecule has 38 heavy (non-hydrogen) atoms. The number of carbonyl (C=O) groups is 2. The average molecular weight is 514 g/mol. The molecule has 0 aliphatic rings. The van der Waals surface area contributed by atoms with Gasteiger partial charge in [-0.2, -0.15) is 4.98 Å². The van der Waals surface area contributed by atoms with Crippen molar-refractivity contribution in [1.29, 1.82) is 0 Å². The lowest BCUT2D eigenvalue weighted by Crippen LogP contribution is -2.43. The minimum absolute atomic E-state index is 0.0232. The molecule has 0 spiro atoms. The third kappa shape index (κ3) is 4.41. The molecule has 5 aromatic rings. The van der Waals surface area contributed by atoms with Gasteiger partial charge in [-0.25, -0.2) is 9.36 Å². The fourth-order valence-corrected chi connectivity index (χ4v) is 4.07. The number of hydrogen-bond acceptors (Lipinski definition) is 8. The topological polar surface area (TPSA) is 148 Å². The van der Waals surface area contributed by atoms with Crippen LogP contribution in [0.15, 0.2) is 79.1 Å². The second-order valence-corrected chi connectivity index (χ2v) is 8.45. The van der Waals surface area contributed by atoms with Crippen LogP contribution in [0.1, 0.15) is 39.8 Å². The van der Waals surface area contributed by atoms with Gasteiger partial charge in [-0.05, 0) is 37.6 Å². The van der Waals surface area contributed by atoms with Crippen molar-refractivity contribution in [2.24, 2.45) is 0 Å². The lowest BCUT2D eigenvalue weighted by Gasteiger charge is -2.13. The Bertz CT molecular complexity index is 1800. The zero-order valence-corrected chi connectivity index (χ0v) is 20.5. The van der Waals surface area contributed by atoms with Gasteiger partial charge in [-0.15, -0.1) is 0 Å². The van der Waals surface area contributed by atoms with Gasteiger partial charge in [-0.1, -0.05) is 43.3 Å². The number of anilines is 1. The van der Waals surface area contributed by atoms with Gasteiger partial charge in [0, 0.05) is 11.9 Å². The highest BCUT2D eigenvalue weighted by molar-refractivity contribution is 6.07. The summed E-state index contributed by atoms with van der Waals surface area (Å²) in [5.74, 6) is -1.29. The predicted molar refractivity (Wildman–Crippen MR) is 141 cm³/mol. The standard InChI is InChI=1S/C27H23N5O6/c1-3-13-28-27-29-24-21(25(35)32(27)17-10-5-4-6-11-17)20(15(2)37-24)23(34)31-30-22(33)18-14-16-9-7-8-12-19(16)38-26(18)36/h4-12,14H,3,13H2,1-2H3,(H,28,29)(H,30,33)(H,31,34). The molecule has 0 atom stereocenters. The van der Waals surface area contributed by atoms with Gasteiger partial charge < -0.3 is 14.2 Å². The second kappa shape index (κ2) is 10.1. The van der Waals surface area contributed by atoms with E-state index in [9.17, 15) is 19.2 Å². The Balaban J connectivity index is 1.50. The van der Waals surface area contributed by atoms with E-state index in [1.165, 1.54) is 17.6 Å². The molecule has 0 aliphatic heterocycles. The molecule has 0 bridgehead atoms. The molecule has 2 amide bonds. The number of nitrogens with one attached hydrogen (secondary N) is 3. The minimum atomic E-state index is -0.880. The number of nitrogens with zero attached hydrogens (tertiary/aromatic N) is 2. The fraction of sp³-hybridized carbons (Fsp3) is 0.148. The monoisotopic (exact) mass is 513 g/mol. The summed E-state index contributed by atoms with van der Waals surface area (Å²) in [6, 6.07) is 17.0. The predicted octanol–water partition coefficient (Wildman–Crippen LogP) is 3.29. The Morgan fingerprint density at radius 2 is 1.66 bits per heavy atom. The molecular weight excluding hydrogens is 490 g/mol. The quantitative estimate of drug-likeness (QED) is 0.231. The summed E-state index contributed by atoms with van der Waals surface area (Å²) in [6.07, 6.45) is 0.794. The molecule has 0 fully saturated rings. The van der Waals surface area contributed by atoms with Crippen LogP contribution in [0.4, 0.5) is 5.95 Å². The van der Waals surface area contributed by atoms with E-state index in [-0.39, 0.29) is 33.9 Å². The molecule has 0 aliphatic carbocycles. The van der Waals surface area contributed by atoms with Crippen molar-refractivity contribution in [3.63, 3.8) is 0 Å². The second-order valence-electron chi connectivity index (χ2n) is 8.45. The average Bonchev–Trinajstić information content (AvgIpc) is 3.26. The highest BCUT2D eigenvalue weighted by Gasteiger charge is 2.26. The minimum Gasteiger partial charge on any atom is -0.442 e. The summed E-state index contributed by atoms with van der Waals surface area (Å²) in [4.78, 5) is 56.3. The van der Waals surface area contributed by atoms with E-state index >= 15 is 0 Å². The number of benzene rings is 2. The van der Waals surface area contributed by atoms with E-state index in [4.69, 9.17) is 8.83 Å². The van der Waals surface area contributed by atoms with Crippen LogP contribution in [0.5, 0.6) is 0 Å². The molecule has 3 heterocycles. The number of fused-ring (bicyclic) bond motifs is 2. The van der Waals surface area contributed by atoms with Crippen molar-refractivity contribution < 1.29 is 18.4 Å². The SMILES string of the molecule is CCCNc1nc2oc(C)c(C(=O)NNC(=O)c3cc4ccccc4oc3=O)c2c(=O)n1-c1ccccc1. The zero-order chi connectivity index (χ0) is 26.8. The molecular formula is C27H23N5O6. The van der Waals surface area contributed by atoms with Crippen LogP contribution in [0.25, 0.3) is 27.8 Å². The van der Waals surface area contributed by atoms with Crippen LogP contribution >= 0.6 is 0 Å². The van der Waals surface area contributed by atoms with Crippen molar-refractivity contribution >= 4 is 39.8 Å².